The van der Waals surface area contributed by atoms with Gasteiger partial charge >= 0.3 is 5.69 Å². The maximum atomic E-state index is 8.76. The minimum absolute atomic E-state index is 0.631. The number of diazo groups is 1. The summed E-state index contributed by atoms with van der Waals surface area (Å²) >= 11 is 0. The van der Waals surface area contributed by atoms with Gasteiger partial charge in [0.2, 0.25) is 5.39 Å². The largest absolute Gasteiger partial charge is 0.408 e. The first-order valence-corrected chi connectivity index (χ1v) is 4.52. The van der Waals surface area contributed by atoms with Gasteiger partial charge in [0.05, 0.1) is 0 Å². The second-order valence-corrected chi connectivity index (χ2v) is 2.76. The number of benzene rings is 1. The smallest absolute Gasteiger partial charge is 0.366 e. The van der Waals surface area contributed by atoms with Crippen molar-refractivity contribution >= 4 is 11.4 Å². The number of hydrogen-bond donors (Lipinski definition) is 0. The SMILES string of the molecule is CCN(CC)c1ccccc1[N+]#N. The molecule has 0 heterocycles. The molecule has 0 aliphatic heterocycles. The molecule has 0 amide bonds. The maximum absolute atomic E-state index is 8.76. The molecule has 1 rings (SSSR count). The highest BCUT2D eigenvalue weighted by atomic mass is 15.1. The Morgan fingerprint density at radius 2 is 1.85 bits per heavy atom. The lowest BCUT2D eigenvalue weighted by Gasteiger charge is -2.18. The highest BCUT2D eigenvalue weighted by Crippen LogP contribution is 2.27. The summed E-state index contributed by atoms with van der Waals surface area (Å²) in [5, 5.41) is 8.76. The van der Waals surface area contributed by atoms with Crippen molar-refractivity contribution in [2.75, 3.05) is 18.0 Å². The predicted molar refractivity (Wildman–Crippen MR) is 54.7 cm³/mol. The number of anilines is 1. The summed E-state index contributed by atoms with van der Waals surface area (Å²) in [4.78, 5) is 5.39. The van der Waals surface area contributed by atoms with E-state index in [1.807, 2.05) is 18.2 Å². The summed E-state index contributed by atoms with van der Waals surface area (Å²) < 4.78 is 0. The van der Waals surface area contributed by atoms with Gasteiger partial charge in [-0.3, -0.25) is 0 Å². The average molecular weight is 176 g/mol. The minimum atomic E-state index is 0.631. The van der Waals surface area contributed by atoms with Crippen molar-refractivity contribution in [1.82, 2.24) is 0 Å². The number of nitrogens with zero attached hydrogens (tertiary/aromatic N) is 3. The van der Waals surface area contributed by atoms with Crippen LogP contribution in [0.3, 0.4) is 0 Å². The molecule has 0 N–H and O–H groups in total. The molecule has 0 bridgehead atoms. The second kappa shape index (κ2) is 4.46. The Hall–Kier alpha value is -1.56. The van der Waals surface area contributed by atoms with Crippen LogP contribution in [0.5, 0.6) is 0 Å². The van der Waals surface area contributed by atoms with Crippen LogP contribution in [0, 0.1) is 5.39 Å². The molecule has 3 nitrogen and oxygen atoms in total. The van der Waals surface area contributed by atoms with Gasteiger partial charge in [-0.2, -0.15) is 0 Å². The molecule has 1 aromatic carbocycles. The zero-order valence-corrected chi connectivity index (χ0v) is 8.07. The first-order valence-electron chi connectivity index (χ1n) is 4.52. The molecule has 0 spiro atoms. The molecule has 1 aromatic rings. The molecule has 0 radical (unpaired) electrons. The summed E-state index contributed by atoms with van der Waals surface area (Å²) in [7, 11) is 0. The van der Waals surface area contributed by atoms with Crippen LogP contribution in [0.1, 0.15) is 13.8 Å². The molecule has 0 aromatic heterocycles. The van der Waals surface area contributed by atoms with Crippen molar-refractivity contribution in [1.29, 1.82) is 5.39 Å². The topological polar surface area (TPSA) is 31.4 Å². The molecule has 0 unspecified atom stereocenters. The third-order valence-electron chi connectivity index (χ3n) is 2.09. The lowest BCUT2D eigenvalue weighted by Crippen LogP contribution is -2.21. The third kappa shape index (κ3) is 1.97. The standard InChI is InChI=1S/C10H14N3/c1-3-13(4-2)10-8-6-5-7-9(10)12-11/h5-8H,3-4H2,1-2H3/q+1. The van der Waals surface area contributed by atoms with E-state index in [-0.39, 0.29) is 0 Å². The van der Waals surface area contributed by atoms with Crippen LogP contribution in [0.4, 0.5) is 11.4 Å². The van der Waals surface area contributed by atoms with Crippen LogP contribution in [0.15, 0.2) is 24.3 Å². The fraction of sp³-hybridized carbons (Fsp3) is 0.400. The molecule has 0 atom stereocenters. The number of hydrogen-bond acceptors (Lipinski definition) is 2. The Bertz CT molecular complexity index is 310. The molecule has 13 heavy (non-hydrogen) atoms. The highest BCUT2D eigenvalue weighted by Gasteiger charge is 2.15. The first-order chi connectivity index (χ1) is 6.33. The Morgan fingerprint density at radius 3 is 2.38 bits per heavy atom. The Balaban J connectivity index is 3.05. The van der Waals surface area contributed by atoms with E-state index in [4.69, 9.17) is 5.39 Å². The van der Waals surface area contributed by atoms with E-state index < -0.39 is 0 Å². The van der Waals surface area contributed by atoms with Crippen molar-refractivity contribution in [2.45, 2.75) is 13.8 Å². The van der Waals surface area contributed by atoms with Gasteiger partial charge in [0.15, 0.2) is 4.98 Å². The fourth-order valence-corrected chi connectivity index (χ4v) is 1.38. The van der Waals surface area contributed by atoms with Crippen LogP contribution in [-0.4, -0.2) is 13.1 Å². The fourth-order valence-electron chi connectivity index (χ4n) is 1.38. The van der Waals surface area contributed by atoms with Gasteiger partial charge in [0, 0.05) is 19.2 Å². The van der Waals surface area contributed by atoms with Gasteiger partial charge in [0.25, 0.3) is 0 Å². The van der Waals surface area contributed by atoms with E-state index in [0.717, 1.165) is 18.8 Å². The number of rotatable bonds is 3. The summed E-state index contributed by atoms with van der Waals surface area (Å²) in [6.07, 6.45) is 0. The van der Waals surface area contributed by atoms with Gasteiger partial charge in [-0.1, -0.05) is 12.1 Å². The molecule has 0 saturated carbocycles. The Kier molecular flexibility index (Phi) is 3.27. The summed E-state index contributed by atoms with van der Waals surface area (Å²) in [6, 6.07) is 7.57. The Labute approximate surface area is 78.6 Å². The lowest BCUT2D eigenvalue weighted by atomic mass is 10.2. The molecule has 3 heteroatoms. The van der Waals surface area contributed by atoms with Gasteiger partial charge in [-0.15, -0.1) is 0 Å². The van der Waals surface area contributed by atoms with Crippen LogP contribution in [0.25, 0.3) is 4.98 Å². The normalized spacial score (nSPS) is 9.31. The predicted octanol–water partition coefficient (Wildman–Crippen LogP) is 3.02. The minimum Gasteiger partial charge on any atom is -0.366 e. The zero-order chi connectivity index (χ0) is 9.68. The van der Waals surface area contributed by atoms with Gasteiger partial charge in [0.1, 0.15) is 5.69 Å². The van der Waals surface area contributed by atoms with E-state index in [1.54, 1.807) is 6.07 Å². The van der Waals surface area contributed by atoms with Gasteiger partial charge in [-0.05, 0) is 19.9 Å². The Morgan fingerprint density at radius 1 is 1.23 bits per heavy atom. The van der Waals surface area contributed by atoms with Crippen LogP contribution < -0.4 is 4.90 Å². The summed E-state index contributed by atoms with van der Waals surface area (Å²) in [6.45, 7) is 6.00. The van der Waals surface area contributed by atoms with Crippen LogP contribution in [0.2, 0.25) is 0 Å². The van der Waals surface area contributed by atoms with Crippen molar-refractivity contribution in [3.63, 3.8) is 0 Å². The molecule has 68 valence electrons. The van der Waals surface area contributed by atoms with E-state index in [1.165, 1.54) is 0 Å². The molecule has 0 fully saturated rings. The summed E-state index contributed by atoms with van der Waals surface area (Å²) in [5.74, 6) is 0. The van der Waals surface area contributed by atoms with Crippen molar-refractivity contribution in [2.24, 2.45) is 0 Å². The summed E-state index contributed by atoms with van der Waals surface area (Å²) in [5.41, 5.74) is 1.61. The number of para-hydroxylation sites is 1. The van der Waals surface area contributed by atoms with Gasteiger partial charge in [-0.25, -0.2) is 0 Å². The van der Waals surface area contributed by atoms with Crippen molar-refractivity contribution < 1.29 is 0 Å². The monoisotopic (exact) mass is 176 g/mol. The van der Waals surface area contributed by atoms with E-state index >= 15 is 0 Å². The first kappa shape index (κ1) is 9.53. The second-order valence-electron chi connectivity index (χ2n) is 2.76. The maximum Gasteiger partial charge on any atom is 0.408 e. The van der Waals surface area contributed by atoms with E-state index in [9.17, 15) is 0 Å². The van der Waals surface area contributed by atoms with Crippen LogP contribution in [-0.2, 0) is 0 Å². The van der Waals surface area contributed by atoms with E-state index in [2.05, 4.69) is 23.7 Å². The van der Waals surface area contributed by atoms with Crippen molar-refractivity contribution in [3.8, 4) is 0 Å². The molecular weight excluding hydrogens is 162 g/mol. The van der Waals surface area contributed by atoms with Crippen molar-refractivity contribution in [3.05, 3.63) is 29.2 Å². The average Bonchev–Trinajstić information content (AvgIpc) is 2.20. The molecular formula is C10H14N3+. The molecule has 0 saturated heterocycles. The lowest BCUT2D eigenvalue weighted by molar-refractivity contribution is 0.868. The zero-order valence-electron chi connectivity index (χ0n) is 8.07. The molecule has 0 aliphatic rings. The van der Waals surface area contributed by atoms with E-state index in [0.29, 0.717) is 5.69 Å². The third-order valence-corrected chi connectivity index (χ3v) is 2.09. The quantitative estimate of drug-likeness (QED) is 0.663. The van der Waals surface area contributed by atoms with Crippen LogP contribution >= 0.6 is 0 Å². The molecule has 0 aliphatic carbocycles. The van der Waals surface area contributed by atoms with Gasteiger partial charge < -0.3 is 4.90 Å². The highest BCUT2D eigenvalue weighted by molar-refractivity contribution is 5.70.